The van der Waals surface area contributed by atoms with Gasteiger partial charge in [0, 0.05) is 11.7 Å². The average molecular weight is 320 g/mol. The highest BCUT2D eigenvalue weighted by molar-refractivity contribution is 7.14. The smallest absolute Gasteiger partial charge is 0.260 e. The first-order valence-corrected chi connectivity index (χ1v) is 7.79. The molecule has 0 saturated heterocycles. The molecule has 0 spiro atoms. The van der Waals surface area contributed by atoms with Crippen molar-refractivity contribution in [2.45, 2.75) is 19.9 Å². The second-order valence-electron chi connectivity index (χ2n) is 4.74. The van der Waals surface area contributed by atoms with Crippen LogP contribution in [0.5, 0.6) is 0 Å². The molecule has 3 aromatic rings. The molecule has 1 atom stereocenters. The third kappa shape index (κ3) is 3.09. The zero-order valence-corrected chi connectivity index (χ0v) is 13.2. The van der Waals surface area contributed by atoms with Gasteiger partial charge in [0.2, 0.25) is 0 Å². The molecule has 3 rings (SSSR count). The van der Waals surface area contributed by atoms with Crippen LogP contribution in [0.15, 0.2) is 40.2 Å². The number of anilines is 1. The SMILES string of the molecule is Cc1noc(-c2ccccc2NC(C)c2csc(Cl)c2)n1. The zero-order valence-electron chi connectivity index (χ0n) is 11.6. The number of aryl methyl sites for hydroxylation is 1. The molecule has 0 aliphatic rings. The van der Waals surface area contributed by atoms with Crippen molar-refractivity contribution in [1.82, 2.24) is 10.1 Å². The monoisotopic (exact) mass is 319 g/mol. The number of halogens is 1. The maximum absolute atomic E-state index is 5.99. The number of rotatable bonds is 4. The van der Waals surface area contributed by atoms with Gasteiger partial charge in [-0.15, -0.1) is 11.3 Å². The van der Waals surface area contributed by atoms with Crippen molar-refractivity contribution in [3.63, 3.8) is 0 Å². The van der Waals surface area contributed by atoms with E-state index in [1.165, 1.54) is 11.3 Å². The summed E-state index contributed by atoms with van der Waals surface area (Å²) in [5.41, 5.74) is 3.00. The number of nitrogens with zero attached hydrogens (tertiary/aromatic N) is 2. The summed E-state index contributed by atoms with van der Waals surface area (Å²) in [4.78, 5) is 4.29. The van der Waals surface area contributed by atoms with E-state index in [1.807, 2.05) is 30.3 Å². The molecule has 0 radical (unpaired) electrons. The van der Waals surface area contributed by atoms with Gasteiger partial charge in [0.25, 0.3) is 5.89 Å². The van der Waals surface area contributed by atoms with Crippen LogP contribution < -0.4 is 5.32 Å². The number of nitrogens with one attached hydrogen (secondary N) is 1. The van der Waals surface area contributed by atoms with E-state index in [2.05, 4.69) is 27.8 Å². The summed E-state index contributed by atoms with van der Waals surface area (Å²) in [5.74, 6) is 1.14. The first-order chi connectivity index (χ1) is 10.1. The van der Waals surface area contributed by atoms with E-state index >= 15 is 0 Å². The third-order valence-electron chi connectivity index (χ3n) is 3.14. The highest BCUT2D eigenvalue weighted by Gasteiger charge is 2.14. The normalized spacial score (nSPS) is 12.3. The predicted molar refractivity (Wildman–Crippen MR) is 85.8 cm³/mol. The number of hydrogen-bond donors (Lipinski definition) is 1. The number of para-hydroxylation sites is 1. The van der Waals surface area contributed by atoms with Gasteiger partial charge >= 0.3 is 0 Å². The van der Waals surface area contributed by atoms with Crippen LogP contribution in [0.4, 0.5) is 5.69 Å². The Morgan fingerprint density at radius 3 is 2.81 bits per heavy atom. The summed E-state index contributed by atoms with van der Waals surface area (Å²) in [6.07, 6.45) is 0. The van der Waals surface area contributed by atoms with Crippen LogP contribution in [0, 0.1) is 6.92 Å². The molecule has 0 saturated carbocycles. The van der Waals surface area contributed by atoms with Crippen LogP contribution in [0.3, 0.4) is 0 Å². The zero-order chi connectivity index (χ0) is 14.8. The first kappa shape index (κ1) is 14.1. The van der Waals surface area contributed by atoms with Gasteiger partial charge in [-0.25, -0.2) is 0 Å². The lowest BCUT2D eigenvalue weighted by atomic mass is 10.1. The standard InChI is InChI=1S/C15H14ClN3OS/c1-9(11-7-14(16)21-8-11)17-13-6-4-3-5-12(13)15-18-10(2)19-20-15/h3-9,17H,1-2H3. The number of hydrogen-bond acceptors (Lipinski definition) is 5. The quantitative estimate of drug-likeness (QED) is 0.740. The first-order valence-electron chi connectivity index (χ1n) is 6.53. The largest absolute Gasteiger partial charge is 0.378 e. The molecule has 1 unspecified atom stereocenters. The van der Waals surface area contributed by atoms with Crippen molar-refractivity contribution in [3.8, 4) is 11.5 Å². The van der Waals surface area contributed by atoms with E-state index in [9.17, 15) is 0 Å². The van der Waals surface area contributed by atoms with Crippen LogP contribution in [0.1, 0.15) is 24.4 Å². The van der Waals surface area contributed by atoms with E-state index in [4.69, 9.17) is 16.1 Å². The molecular weight excluding hydrogens is 306 g/mol. The molecular formula is C15H14ClN3OS. The third-order valence-corrected chi connectivity index (χ3v) is 4.25. The Labute approximate surface area is 131 Å². The Kier molecular flexibility index (Phi) is 3.94. The average Bonchev–Trinajstić information content (AvgIpc) is 3.08. The molecule has 0 aliphatic carbocycles. The van der Waals surface area contributed by atoms with E-state index in [1.54, 1.807) is 6.92 Å². The minimum absolute atomic E-state index is 0.138. The molecule has 108 valence electrons. The van der Waals surface area contributed by atoms with Crippen molar-refractivity contribution >= 4 is 28.6 Å². The van der Waals surface area contributed by atoms with E-state index in [0.717, 1.165) is 21.2 Å². The van der Waals surface area contributed by atoms with Gasteiger partial charge in [-0.3, -0.25) is 0 Å². The van der Waals surface area contributed by atoms with Crippen molar-refractivity contribution in [2.75, 3.05) is 5.32 Å². The van der Waals surface area contributed by atoms with Gasteiger partial charge in [-0.2, -0.15) is 4.98 Å². The minimum Gasteiger partial charge on any atom is -0.378 e. The lowest BCUT2D eigenvalue weighted by Crippen LogP contribution is -2.06. The summed E-state index contributed by atoms with van der Waals surface area (Å²) < 4.78 is 6.05. The van der Waals surface area contributed by atoms with Gasteiger partial charge in [-0.05, 0) is 43.0 Å². The van der Waals surface area contributed by atoms with E-state index < -0.39 is 0 Å². The van der Waals surface area contributed by atoms with Gasteiger partial charge in [-0.1, -0.05) is 28.9 Å². The molecule has 21 heavy (non-hydrogen) atoms. The second kappa shape index (κ2) is 5.87. The van der Waals surface area contributed by atoms with Crippen LogP contribution in [-0.2, 0) is 0 Å². The molecule has 2 heterocycles. The van der Waals surface area contributed by atoms with Gasteiger partial charge in [0.1, 0.15) is 0 Å². The molecule has 4 nitrogen and oxygen atoms in total. The Bertz CT molecular complexity index is 753. The topological polar surface area (TPSA) is 51.0 Å². The van der Waals surface area contributed by atoms with Gasteiger partial charge in [0.05, 0.1) is 9.90 Å². The molecule has 0 bridgehead atoms. The van der Waals surface area contributed by atoms with Crippen molar-refractivity contribution in [2.24, 2.45) is 0 Å². The Balaban J connectivity index is 1.89. The predicted octanol–water partition coefficient (Wildman–Crippen LogP) is 4.93. The summed E-state index contributed by atoms with van der Waals surface area (Å²) in [6.45, 7) is 3.90. The summed E-state index contributed by atoms with van der Waals surface area (Å²) in [5, 5.41) is 9.37. The molecule has 1 N–H and O–H groups in total. The lowest BCUT2D eigenvalue weighted by Gasteiger charge is -2.16. The highest BCUT2D eigenvalue weighted by atomic mass is 35.5. The van der Waals surface area contributed by atoms with Crippen LogP contribution in [0.2, 0.25) is 4.34 Å². The fourth-order valence-electron chi connectivity index (χ4n) is 2.07. The van der Waals surface area contributed by atoms with Crippen LogP contribution >= 0.6 is 22.9 Å². The molecule has 0 amide bonds. The molecule has 2 aromatic heterocycles. The molecule has 0 aliphatic heterocycles. The number of benzene rings is 1. The Morgan fingerprint density at radius 2 is 2.14 bits per heavy atom. The minimum atomic E-state index is 0.138. The highest BCUT2D eigenvalue weighted by Crippen LogP contribution is 2.31. The summed E-state index contributed by atoms with van der Waals surface area (Å²) in [6, 6.07) is 10.00. The maximum Gasteiger partial charge on any atom is 0.260 e. The van der Waals surface area contributed by atoms with Gasteiger partial charge in [0.15, 0.2) is 5.82 Å². The van der Waals surface area contributed by atoms with E-state index in [-0.39, 0.29) is 6.04 Å². The van der Waals surface area contributed by atoms with Crippen LogP contribution in [-0.4, -0.2) is 10.1 Å². The number of aromatic nitrogens is 2. The summed E-state index contributed by atoms with van der Waals surface area (Å²) in [7, 11) is 0. The fraction of sp³-hybridized carbons (Fsp3) is 0.200. The Morgan fingerprint density at radius 1 is 1.33 bits per heavy atom. The van der Waals surface area contributed by atoms with Gasteiger partial charge < -0.3 is 9.84 Å². The second-order valence-corrected chi connectivity index (χ2v) is 6.29. The molecule has 0 fully saturated rings. The fourth-order valence-corrected chi connectivity index (χ4v) is 3.05. The van der Waals surface area contributed by atoms with Crippen molar-refractivity contribution in [3.05, 3.63) is 51.4 Å². The van der Waals surface area contributed by atoms with E-state index in [0.29, 0.717) is 11.7 Å². The Hall–Kier alpha value is -1.85. The van der Waals surface area contributed by atoms with Crippen LogP contribution in [0.25, 0.3) is 11.5 Å². The van der Waals surface area contributed by atoms with Crippen molar-refractivity contribution < 1.29 is 4.52 Å². The maximum atomic E-state index is 5.99. The molecule has 6 heteroatoms. The lowest BCUT2D eigenvalue weighted by molar-refractivity contribution is 0.425. The summed E-state index contributed by atoms with van der Waals surface area (Å²) >= 11 is 7.53. The number of thiophene rings is 1. The molecule has 1 aromatic carbocycles. The van der Waals surface area contributed by atoms with Crippen molar-refractivity contribution in [1.29, 1.82) is 0 Å².